The molecular weight excluding hydrogens is 452 g/mol. The number of aromatic nitrogens is 2. The summed E-state index contributed by atoms with van der Waals surface area (Å²) < 4.78 is 0. The first-order valence-corrected chi connectivity index (χ1v) is 12.6. The third-order valence-corrected chi connectivity index (χ3v) is 7.02. The number of anilines is 3. The van der Waals surface area contributed by atoms with Gasteiger partial charge in [-0.2, -0.15) is 5.26 Å². The van der Waals surface area contributed by atoms with Crippen molar-refractivity contribution in [2.75, 3.05) is 56.4 Å². The normalized spacial score (nSPS) is 19.5. The van der Waals surface area contributed by atoms with Crippen LogP contribution in [-0.2, 0) is 6.54 Å². The Morgan fingerprint density at radius 2 is 2.00 bits per heavy atom. The van der Waals surface area contributed by atoms with Crippen LogP contribution in [0, 0.1) is 18.3 Å². The first-order valence-electron chi connectivity index (χ1n) is 11.7. The molecule has 0 bridgehead atoms. The molecule has 0 unspecified atom stereocenters. The summed E-state index contributed by atoms with van der Waals surface area (Å²) in [6.07, 6.45) is 3.29. The number of thiazole rings is 1. The lowest BCUT2D eigenvalue weighted by Crippen LogP contribution is -2.46. The minimum Gasteiger partial charge on any atom is -0.465 e. The predicted octanol–water partition coefficient (Wildman–Crippen LogP) is 3.18. The second-order valence-electron chi connectivity index (χ2n) is 8.88. The summed E-state index contributed by atoms with van der Waals surface area (Å²) in [5.74, 6) is 1.48. The Kier molecular flexibility index (Phi) is 8.16. The number of carboxylic acid groups (broad SMARTS) is 1. The van der Waals surface area contributed by atoms with Crippen LogP contribution in [0.5, 0.6) is 0 Å². The smallest absolute Gasteiger partial charge is 0.407 e. The van der Waals surface area contributed by atoms with Crippen molar-refractivity contribution >= 4 is 34.2 Å². The highest BCUT2D eigenvalue weighted by atomic mass is 32.1. The van der Waals surface area contributed by atoms with Crippen LogP contribution in [0.15, 0.2) is 18.3 Å². The third-order valence-electron chi connectivity index (χ3n) is 6.20. The van der Waals surface area contributed by atoms with Crippen LogP contribution in [0.25, 0.3) is 0 Å². The van der Waals surface area contributed by atoms with Crippen molar-refractivity contribution in [3.8, 4) is 6.07 Å². The van der Waals surface area contributed by atoms with Crippen molar-refractivity contribution in [1.29, 1.82) is 5.26 Å². The number of nitrogens with zero attached hydrogens (tertiary/aromatic N) is 6. The number of rotatable bonds is 8. The lowest BCUT2D eigenvalue weighted by molar-refractivity contribution is 0.129. The molecule has 0 spiro atoms. The summed E-state index contributed by atoms with van der Waals surface area (Å²) >= 11 is 1.58. The van der Waals surface area contributed by atoms with E-state index in [1.165, 1.54) is 4.90 Å². The predicted molar refractivity (Wildman–Crippen MR) is 133 cm³/mol. The Morgan fingerprint density at radius 1 is 1.24 bits per heavy atom. The van der Waals surface area contributed by atoms with Gasteiger partial charge in [-0.3, -0.25) is 9.80 Å². The molecule has 2 aliphatic rings. The molecule has 4 rings (SSSR count). The zero-order chi connectivity index (χ0) is 23.9. The van der Waals surface area contributed by atoms with E-state index in [9.17, 15) is 9.90 Å². The number of aryl methyl sites for hydroxylation is 1. The zero-order valence-electron chi connectivity index (χ0n) is 19.5. The molecule has 10 nitrogen and oxygen atoms in total. The fourth-order valence-electron chi connectivity index (χ4n) is 4.45. The summed E-state index contributed by atoms with van der Waals surface area (Å²) in [4.78, 5) is 27.9. The van der Waals surface area contributed by atoms with Crippen molar-refractivity contribution in [3.63, 3.8) is 0 Å². The molecule has 2 aromatic rings. The second-order valence-corrected chi connectivity index (χ2v) is 10.1. The summed E-state index contributed by atoms with van der Waals surface area (Å²) in [7, 11) is 0. The molecule has 11 heteroatoms. The number of piperidine rings is 1. The highest BCUT2D eigenvalue weighted by Crippen LogP contribution is 2.25. The van der Waals surface area contributed by atoms with E-state index >= 15 is 0 Å². The van der Waals surface area contributed by atoms with Gasteiger partial charge in [-0.05, 0) is 37.5 Å². The first-order chi connectivity index (χ1) is 16.5. The molecule has 2 fully saturated rings. The molecule has 182 valence electrons. The lowest BCUT2D eigenvalue weighted by atomic mass is 10.1. The summed E-state index contributed by atoms with van der Waals surface area (Å²) in [5, 5.41) is 25.8. The number of likely N-dealkylation sites (tertiary alicyclic amines) is 1. The topological polar surface area (TPSA) is 121 Å². The molecule has 1 atom stereocenters. The van der Waals surface area contributed by atoms with E-state index < -0.39 is 6.09 Å². The average Bonchev–Trinajstić information content (AvgIpc) is 3.23. The quantitative estimate of drug-likeness (QED) is 0.519. The van der Waals surface area contributed by atoms with Gasteiger partial charge < -0.3 is 20.6 Å². The molecule has 2 saturated heterocycles. The fourth-order valence-corrected chi connectivity index (χ4v) is 5.13. The van der Waals surface area contributed by atoms with Crippen molar-refractivity contribution in [2.45, 2.75) is 38.8 Å². The summed E-state index contributed by atoms with van der Waals surface area (Å²) in [6, 6.07) is 6.39. The van der Waals surface area contributed by atoms with Crippen molar-refractivity contribution in [1.82, 2.24) is 24.7 Å². The van der Waals surface area contributed by atoms with Gasteiger partial charge in [0.2, 0.25) is 0 Å². The Hall–Kier alpha value is -2.94. The molecule has 0 aliphatic carbocycles. The van der Waals surface area contributed by atoms with Gasteiger partial charge in [0.15, 0.2) is 5.13 Å². The van der Waals surface area contributed by atoms with Gasteiger partial charge in [0.1, 0.15) is 11.6 Å². The Balaban J connectivity index is 1.46. The molecule has 1 amide bonds. The average molecular weight is 485 g/mol. The number of carbonyl (C=O) groups is 1. The molecule has 34 heavy (non-hydrogen) atoms. The van der Waals surface area contributed by atoms with Gasteiger partial charge in [0, 0.05) is 75.9 Å². The van der Waals surface area contributed by atoms with Gasteiger partial charge in [-0.15, -0.1) is 11.3 Å². The van der Waals surface area contributed by atoms with Crippen LogP contribution in [0.1, 0.15) is 29.7 Å². The van der Waals surface area contributed by atoms with E-state index in [1.54, 1.807) is 11.3 Å². The number of nitriles is 1. The van der Waals surface area contributed by atoms with Crippen LogP contribution < -0.4 is 10.6 Å². The van der Waals surface area contributed by atoms with E-state index in [4.69, 9.17) is 10.2 Å². The number of piperazine rings is 1. The van der Waals surface area contributed by atoms with E-state index in [1.807, 2.05) is 13.1 Å². The highest BCUT2D eigenvalue weighted by Gasteiger charge is 2.24. The van der Waals surface area contributed by atoms with Crippen LogP contribution in [0.3, 0.4) is 0 Å². The van der Waals surface area contributed by atoms with Gasteiger partial charge in [0.25, 0.3) is 0 Å². The Morgan fingerprint density at radius 3 is 2.71 bits per heavy atom. The van der Waals surface area contributed by atoms with Crippen LogP contribution in [-0.4, -0.2) is 87.7 Å². The van der Waals surface area contributed by atoms with Crippen LogP contribution >= 0.6 is 11.3 Å². The van der Waals surface area contributed by atoms with E-state index in [0.717, 1.165) is 79.3 Å². The Bertz CT molecular complexity index is 1010. The summed E-state index contributed by atoms with van der Waals surface area (Å²) in [5.41, 5.74) is 1.14. The molecular formula is C23H32N8O2S. The third kappa shape index (κ3) is 6.79. The molecule has 2 aliphatic heterocycles. The SMILES string of the molecule is Cc1cnc(Nc2cc(CN3CCN(CCC#N)CC3)cc(N[C@H]3CCCN(C(=O)O)C3)n2)s1. The van der Waals surface area contributed by atoms with Crippen molar-refractivity contribution < 1.29 is 9.90 Å². The highest BCUT2D eigenvalue weighted by molar-refractivity contribution is 7.15. The number of nitrogens with one attached hydrogen (secondary N) is 2. The van der Waals surface area contributed by atoms with Crippen LogP contribution in [0.4, 0.5) is 21.6 Å². The van der Waals surface area contributed by atoms with E-state index in [-0.39, 0.29) is 6.04 Å². The minimum absolute atomic E-state index is 0.0336. The number of pyridine rings is 1. The standard InChI is InChI=1S/C23H32N8O2S/c1-17-14-25-22(34-17)28-21-13-18(15-30-10-8-29(9-11-30)6-3-5-24)12-20(27-21)26-19-4-2-7-31(16-19)23(32)33/h12-14,19H,2-4,6-11,15-16H2,1H3,(H,32,33)(H2,25,26,27,28)/t19-/m0/s1. The molecule has 0 saturated carbocycles. The number of hydrogen-bond acceptors (Lipinski definition) is 9. The van der Waals surface area contributed by atoms with Crippen molar-refractivity contribution in [3.05, 3.63) is 28.8 Å². The Labute approximate surface area is 204 Å². The maximum atomic E-state index is 11.4. The van der Waals surface area contributed by atoms with Gasteiger partial charge in [-0.1, -0.05) is 0 Å². The van der Waals surface area contributed by atoms with Crippen molar-refractivity contribution in [2.24, 2.45) is 0 Å². The van der Waals surface area contributed by atoms with E-state index in [2.05, 4.69) is 43.6 Å². The fraction of sp³-hybridized carbons (Fsp3) is 0.565. The second kappa shape index (κ2) is 11.5. The van der Waals surface area contributed by atoms with E-state index in [0.29, 0.717) is 19.5 Å². The first kappa shape index (κ1) is 24.2. The number of amides is 1. The minimum atomic E-state index is -0.872. The largest absolute Gasteiger partial charge is 0.465 e. The maximum absolute atomic E-state index is 11.4. The monoisotopic (exact) mass is 484 g/mol. The molecule has 0 radical (unpaired) electrons. The van der Waals surface area contributed by atoms with Crippen LogP contribution in [0.2, 0.25) is 0 Å². The molecule has 3 N–H and O–H groups in total. The van der Waals surface area contributed by atoms with Gasteiger partial charge in [-0.25, -0.2) is 14.8 Å². The van der Waals surface area contributed by atoms with Gasteiger partial charge in [0.05, 0.1) is 6.07 Å². The zero-order valence-corrected chi connectivity index (χ0v) is 20.4. The molecule has 0 aromatic carbocycles. The summed E-state index contributed by atoms with van der Waals surface area (Å²) in [6.45, 7) is 8.56. The number of hydrogen-bond donors (Lipinski definition) is 3. The maximum Gasteiger partial charge on any atom is 0.407 e. The molecule has 2 aromatic heterocycles. The lowest BCUT2D eigenvalue weighted by Gasteiger charge is -2.34. The molecule has 4 heterocycles. The van der Waals surface area contributed by atoms with Gasteiger partial charge >= 0.3 is 6.09 Å².